The van der Waals surface area contributed by atoms with Crippen molar-refractivity contribution in [3.05, 3.63) is 83.0 Å². The number of carbonyl (C=O) groups excluding carboxylic acids is 2. The SMILES string of the molecule is CCCCCCCC(=O)N1CCN(c2cc(Cl)nc(SCC(=O)NC(c3ccccc3)c3ccccc3)n2)CC1C. The minimum Gasteiger partial charge on any atom is -0.353 e. The molecule has 1 aliphatic rings. The van der Waals surface area contributed by atoms with Gasteiger partial charge in [0.25, 0.3) is 0 Å². The number of piperazine rings is 1. The maximum Gasteiger partial charge on any atom is 0.231 e. The van der Waals surface area contributed by atoms with E-state index in [4.69, 9.17) is 16.6 Å². The van der Waals surface area contributed by atoms with E-state index in [9.17, 15) is 9.59 Å². The Morgan fingerprint density at radius 2 is 1.63 bits per heavy atom. The number of thioether (sulfide) groups is 1. The lowest BCUT2D eigenvalue weighted by Gasteiger charge is -2.40. The van der Waals surface area contributed by atoms with Crippen LogP contribution in [0.25, 0.3) is 0 Å². The van der Waals surface area contributed by atoms with Crippen LogP contribution in [-0.2, 0) is 9.59 Å². The first kappa shape index (κ1) is 30.8. The predicted octanol–water partition coefficient (Wildman–Crippen LogP) is 6.53. The number of nitrogens with zero attached hydrogens (tertiary/aromatic N) is 4. The van der Waals surface area contributed by atoms with Gasteiger partial charge in [0.2, 0.25) is 11.8 Å². The van der Waals surface area contributed by atoms with Crippen LogP contribution in [0.1, 0.15) is 69.5 Å². The average Bonchev–Trinajstić information content (AvgIpc) is 2.99. The number of anilines is 1. The highest BCUT2D eigenvalue weighted by Crippen LogP contribution is 2.26. The summed E-state index contributed by atoms with van der Waals surface area (Å²) in [5.74, 6) is 0.999. The topological polar surface area (TPSA) is 78.4 Å². The van der Waals surface area contributed by atoms with Crippen molar-refractivity contribution in [2.75, 3.05) is 30.3 Å². The molecule has 0 spiro atoms. The molecule has 2 aromatic carbocycles. The van der Waals surface area contributed by atoms with E-state index in [2.05, 4.69) is 29.0 Å². The number of unbranched alkanes of at least 4 members (excludes halogenated alkanes) is 4. The zero-order valence-corrected chi connectivity index (χ0v) is 25.5. The summed E-state index contributed by atoms with van der Waals surface area (Å²) in [7, 11) is 0. The van der Waals surface area contributed by atoms with Gasteiger partial charge in [-0.2, -0.15) is 0 Å². The molecule has 2 amide bonds. The van der Waals surface area contributed by atoms with Crippen molar-refractivity contribution in [3.63, 3.8) is 0 Å². The van der Waals surface area contributed by atoms with E-state index in [-0.39, 0.29) is 29.7 Å². The quantitative estimate of drug-likeness (QED) is 0.105. The van der Waals surface area contributed by atoms with Gasteiger partial charge in [0.05, 0.1) is 11.8 Å². The third-order valence-electron chi connectivity index (χ3n) is 7.33. The van der Waals surface area contributed by atoms with E-state index < -0.39 is 0 Å². The van der Waals surface area contributed by atoms with Crippen LogP contribution in [0.3, 0.4) is 0 Å². The molecule has 7 nitrogen and oxygen atoms in total. The summed E-state index contributed by atoms with van der Waals surface area (Å²) in [6, 6.07) is 21.4. The Hall–Kier alpha value is -3.10. The van der Waals surface area contributed by atoms with Gasteiger partial charge in [0.15, 0.2) is 5.16 Å². The molecule has 1 unspecified atom stereocenters. The van der Waals surface area contributed by atoms with Crippen LogP contribution in [0, 0.1) is 0 Å². The van der Waals surface area contributed by atoms with Crippen molar-refractivity contribution < 1.29 is 9.59 Å². The molecule has 218 valence electrons. The van der Waals surface area contributed by atoms with Crippen molar-refractivity contribution in [3.8, 4) is 0 Å². The second-order valence-corrected chi connectivity index (χ2v) is 11.8. The molecule has 1 fully saturated rings. The molecule has 1 atom stereocenters. The van der Waals surface area contributed by atoms with Crippen molar-refractivity contribution in [2.24, 2.45) is 0 Å². The van der Waals surface area contributed by atoms with E-state index >= 15 is 0 Å². The van der Waals surface area contributed by atoms with Gasteiger partial charge in [-0.1, -0.05) is 117 Å². The van der Waals surface area contributed by atoms with Crippen molar-refractivity contribution in [1.82, 2.24) is 20.2 Å². The molecule has 1 aliphatic heterocycles. The first-order valence-corrected chi connectivity index (χ1v) is 15.9. The Balaban J connectivity index is 1.33. The molecule has 2 heterocycles. The standard InChI is InChI=1S/C32H40ClN5O2S/c1-3-4-5-6-13-18-30(40)38-20-19-37(22-24(38)2)28-21-27(33)34-32(35-28)41-23-29(39)36-31(25-14-9-7-10-15-25)26-16-11-8-12-17-26/h7-12,14-17,21,24,31H,3-6,13,18-20,22-23H2,1-2H3,(H,36,39). The van der Waals surface area contributed by atoms with Gasteiger partial charge in [-0.15, -0.1) is 0 Å². The third-order valence-corrected chi connectivity index (χ3v) is 8.37. The first-order valence-electron chi connectivity index (χ1n) is 14.6. The second-order valence-electron chi connectivity index (χ2n) is 10.5. The maximum atomic E-state index is 13.0. The van der Waals surface area contributed by atoms with Crippen LogP contribution in [0.4, 0.5) is 5.82 Å². The summed E-state index contributed by atoms with van der Waals surface area (Å²) >= 11 is 7.65. The largest absolute Gasteiger partial charge is 0.353 e. The van der Waals surface area contributed by atoms with Crippen LogP contribution < -0.4 is 10.2 Å². The Morgan fingerprint density at radius 1 is 0.976 bits per heavy atom. The van der Waals surface area contributed by atoms with E-state index in [0.29, 0.717) is 36.4 Å². The third kappa shape index (κ3) is 9.20. The number of halogens is 1. The first-order chi connectivity index (χ1) is 19.9. The van der Waals surface area contributed by atoms with Gasteiger partial charge in [0, 0.05) is 38.2 Å². The lowest BCUT2D eigenvalue weighted by atomic mass is 9.99. The van der Waals surface area contributed by atoms with Crippen LogP contribution >= 0.6 is 23.4 Å². The fourth-order valence-corrected chi connectivity index (χ4v) is 6.05. The van der Waals surface area contributed by atoms with Gasteiger partial charge in [0.1, 0.15) is 11.0 Å². The summed E-state index contributed by atoms with van der Waals surface area (Å²) in [4.78, 5) is 39.1. The summed E-state index contributed by atoms with van der Waals surface area (Å²) < 4.78 is 0. The van der Waals surface area contributed by atoms with Crippen molar-refractivity contribution >= 4 is 41.0 Å². The smallest absolute Gasteiger partial charge is 0.231 e. The molecule has 1 N–H and O–H groups in total. The second kappa shape index (κ2) is 15.8. The van der Waals surface area contributed by atoms with Crippen LogP contribution in [0.15, 0.2) is 71.9 Å². The summed E-state index contributed by atoms with van der Waals surface area (Å²) in [5.41, 5.74) is 2.03. The van der Waals surface area contributed by atoms with Crippen LogP contribution in [0.5, 0.6) is 0 Å². The van der Waals surface area contributed by atoms with Gasteiger partial charge < -0.3 is 15.1 Å². The summed E-state index contributed by atoms with van der Waals surface area (Å²) in [5, 5.41) is 3.95. The molecule has 0 saturated carbocycles. The number of hydrogen-bond donors (Lipinski definition) is 1. The zero-order chi connectivity index (χ0) is 29.0. The fourth-order valence-electron chi connectivity index (χ4n) is 5.15. The molecular weight excluding hydrogens is 554 g/mol. The van der Waals surface area contributed by atoms with E-state index in [0.717, 1.165) is 29.8 Å². The zero-order valence-electron chi connectivity index (χ0n) is 24.0. The highest BCUT2D eigenvalue weighted by atomic mass is 35.5. The summed E-state index contributed by atoms with van der Waals surface area (Å²) in [6.45, 7) is 6.29. The minimum atomic E-state index is -0.252. The van der Waals surface area contributed by atoms with Gasteiger partial charge in [-0.3, -0.25) is 9.59 Å². The number of nitrogens with one attached hydrogen (secondary N) is 1. The molecule has 9 heteroatoms. The molecule has 3 aromatic rings. The van der Waals surface area contributed by atoms with Gasteiger partial charge in [-0.25, -0.2) is 9.97 Å². The lowest BCUT2D eigenvalue weighted by molar-refractivity contribution is -0.133. The van der Waals surface area contributed by atoms with Crippen molar-refractivity contribution in [1.29, 1.82) is 0 Å². The maximum absolute atomic E-state index is 13.0. The summed E-state index contributed by atoms with van der Waals surface area (Å²) in [6.07, 6.45) is 6.33. The van der Waals surface area contributed by atoms with E-state index in [1.165, 1.54) is 31.0 Å². The minimum absolute atomic E-state index is 0.0791. The molecule has 1 aromatic heterocycles. The van der Waals surface area contributed by atoms with Gasteiger partial charge >= 0.3 is 0 Å². The Kier molecular flexibility index (Phi) is 11.9. The van der Waals surface area contributed by atoms with Gasteiger partial charge in [-0.05, 0) is 24.5 Å². The molecule has 0 bridgehead atoms. The number of hydrogen-bond acceptors (Lipinski definition) is 6. The molecular formula is C32H40ClN5O2S. The van der Waals surface area contributed by atoms with E-state index in [1.54, 1.807) is 6.07 Å². The Morgan fingerprint density at radius 3 is 2.27 bits per heavy atom. The predicted molar refractivity (Wildman–Crippen MR) is 167 cm³/mol. The fraction of sp³-hybridized carbons (Fsp3) is 0.438. The van der Waals surface area contributed by atoms with Crippen LogP contribution in [0.2, 0.25) is 5.15 Å². The number of amides is 2. The molecule has 41 heavy (non-hydrogen) atoms. The number of carbonyl (C=O) groups is 2. The number of aromatic nitrogens is 2. The lowest BCUT2D eigenvalue weighted by Crippen LogP contribution is -2.54. The monoisotopic (exact) mass is 593 g/mol. The molecule has 1 saturated heterocycles. The Bertz CT molecular complexity index is 1220. The number of rotatable bonds is 13. The number of benzene rings is 2. The average molecular weight is 594 g/mol. The van der Waals surface area contributed by atoms with E-state index in [1.807, 2.05) is 65.6 Å². The normalized spacial score (nSPS) is 15.3. The Labute approximate surface area is 253 Å². The molecule has 0 aliphatic carbocycles. The molecule has 4 rings (SSSR count). The van der Waals surface area contributed by atoms with Crippen LogP contribution in [-0.4, -0.2) is 58.1 Å². The highest BCUT2D eigenvalue weighted by molar-refractivity contribution is 7.99. The van der Waals surface area contributed by atoms with Crippen molar-refractivity contribution in [2.45, 2.75) is 69.6 Å². The highest BCUT2D eigenvalue weighted by Gasteiger charge is 2.28. The molecule has 0 radical (unpaired) electrons.